The molecule has 0 saturated heterocycles. The second-order valence-corrected chi connectivity index (χ2v) is 5.42. The van der Waals surface area contributed by atoms with Crippen LogP contribution in [-0.4, -0.2) is 12.0 Å². The van der Waals surface area contributed by atoms with Gasteiger partial charge in [-0.3, -0.25) is 4.98 Å². The number of hydrogen-bond acceptors (Lipinski definition) is 2. The Morgan fingerprint density at radius 1 is 1.22 bits per heavy atom. The lowest BCUT2D eigenvalue weighted by Gasteiger charge is -2.21. The van der Waals surface area contributed by atoms with Crippen molar-refractivity contribution in [1.82, 2.24) is 4.98 Å². The molecule has 1 aromatic carbocycles. The van der Waals surface area contributed by atoms with Crippen LogP contribution < -0.4 is 5.32 Å². The van der Waals surface area contributed by atoms with Crippen LogP contribution in [-0.2, 0) is 12.8 Å². The maximum Gasteiger partial charge on any atom is 0.0912 e. The number of rotatable bonds is 1. The highest BCUT2D eigenvalue weighted by Gasteiger charge is 2.18. The molecule has 0 spiro atoms. The van der Waals surface area contributed by atoms with Crippen molar-refractivity contribution in [3.8, 4) is 0 Å². The number of benzene rings is 1. The first-order valence-corrected chi connectivity index (χ1v) is 6.88. The quantitative estimate of drug-likeness (QED) is 0.834. The summed E-state index contributed by atoms with van der Waals surface area (Å²) >= 11 is 6.34. The lowest BCUT2D eigenvalue weighted by molar-refractivity contribution is 0.672. The summed E-state index contributed by atoms with van der Waals surface area (Å²) in [4.78, 5) is 4.79. The highest BCUT2D eigenvalue weighted by atomic mass is 35.5. The topological polar surface area (TPSA) is 24.9 Å². The number of aryl methyl sites for hydroxylation is 2. The Balaban J connectivity index is 2.40. The van der Waals surface area contributed by atoms with E-state index in [0.29, 0.717) is 0 Å². The highest BCUT2D eigenvalue weighted by Crippen LogP contribution is 2.36. The third kappa shape index (κ3) is 1.76. The van der Waals surface area contributed by atoms with Gasteiger partial charge in [0, 0.05) is 23.8 Å². The van der Waals surface area contributed by atoms with Gasteiger partial charge in [-0.25, -0.2) is 0 Å². The fourth-order valence-electron chi connectivity index (χ4n) is 2.90. The molecule has 2 aromatic rings. The third-order valence-corrected chi connectivity index (χ3v) is 4.00. The number of aromatic nitrogens is 1. The van der Waals surface area contributed by atoms with Crippen LogP contribution in [0.5, 0.6) is 0 Å². The largest absolute Gasteiger partial charge is 0.387 e. The Kier molecular flexibility index (Phi) is 2.90. The van der Waals surface area contributed by atoms with E-state index >= 15 is 0 Å². The van der Waals surface area contributed by atoms with Crippen molar-refractivity contribution in [2.24, 2.45) is 0 Å². The molecule has 1 aromatic heterocycles. The van der Waals surface area contributed by atoms with Crippen LogP contribution in [0.2, 0.25) is 5.02 Å². The summed E-state index contributed by atoms with van der Waals surface area (Å²) in [6, 6.07) is 4.17. The molecular formula is C15H17ClN2. The van der Waals surface area contributed by atoms with Crippen LogP contribution in [0.15, 0.2) is 12.1 Å². The molecule has 0 aliphatic heterocycles. The van der Waals surface area contributed by atoms with E-state index in [1.165, 1.54) is 35.3 Å². The van der Waals surface area contributed by atoms with Gasteiger partial charge in [0.2, 0.25) is 0 Å². The molecule has 0 bridgehead atoms. The van der Waals surface area contributed by atoms with Crippen LogP contribution in [0, 0.1) is 6.92 Å². The Hall–Kier alpha value is -1.28. The van der Waals surface area contributed by atoms with E-state index in [1.54, 1.807) is 0 Å². The normalized spacial score (nSPS) is 14.6. The molecule has 94 valence electrons. The first-order chi connectivity index (χ1) is 8.70. The monoisotopic (exact) mass is 260 g/mol. The zero-order valence-electron chi connectivity index (χ0n) is 10.8. The van der Waals surface area contributed by atoms with E-state index in [-0.39, 0.29) is 0 Å². The lowest BCUT2D eigenvalue weighted by Crippen LogP contribution is -2.09. The predicted molar refractivity (Wildman–Crippen MR) is 77.7 cm³/mol. The van der Waals surface area contributed by atoms with Crippen LogP contribution in [0.25, 0.3) is 10.9 Å². The van der Waals surface area contributed by atoms with Gasteiger partial charge in [-0.15, -0.1) is 0 Å². The Bertz CT molecular complexity index is 620. The average Bonchev–Trinajstić information content (AvgIpc) is 2.36. The molecule has 1 heterocycles. The number of anilines is 1. The van der Waals surface area contributed by atoms with Crippen LogP contribution in [0.3, 0.4) is 0 Å². The number of nitrogens with zero attached hydrogens (tertiary/aromatic N) is 1. The second-order valence-electron chi connectivity index (χ2n) is 5.01. The number of fused-ring (bicyclic) bond motifs is 2. The fourth-order valence-corrected chi connectivity index (χ4v) is 3.22. The third-order valence-electron chi connectivity index (χ3n) is 3.71. The van der Waals surface area contributed by atoms with Gasteiger partial charge < -0.3 is 5.32 Å². The standard InChI is InChI=1S/C15H17ClN2/c1-9-7-11-14(17-2)10-5-3-4-6-13(10)18-15(11)12(16)8-9/h7-8H,3-6H2,1-2H3,(H,17,18). The van der Waals surface area contributed by atoms with Gasteiger partial charge in [0.1, 0.15) is 0 Å². The van der Waals surface area contributed by atoms with Crippen molar-refractivity contribution < 1.29 is 0 Å². The molecule has 0 unspecified atom stereocenters. The minimum absolute atomic E-state index is 0.759. The van der Waals surface area contributed by atoms with Crippen molar-refractivity contribution in [2.45, 2.75) is 32.6 Å². The molecule has 1 aliphatic rings. The van der Waals surface area contributed by atoms with Crippen molar-refractivity contribution in [2.75, 3.05) is 12.4 Å². The summed E-state index contributed by atoms with van der Waals surface area (Å²) in [6.07, 6.45) is 4.69. The molecule has 1 N–H and O–H groups in total. The zero-order valence-corrected chi connectivity index (χ0v) is 11.6. The van der Waals surface area contributed by atoms with Crippen molar-refractivity contribution >= 4 is 28.2 Å². The van der Waals surface area contributed by atoms with Gasteiger partial charge in [0.05, 0.1) is 10.5 Å². The van der Waals surface area contributed by atoms with E-state index in [2.05, 4.69) is 18.3 Å². The number of nitrogens with one attached hydrogen (secondary N) is 1. The van der Waals surface area contributed by atoms with Crippen LogP contribution >= 0.6 is 11.6 Å². The maximum atomic E-state index is 6.34. The summed E-state index contributed by atoms with van der Waals surface area (Å²) in [5, 5.41) is 5.27. The van der Waals surface area contributed by atoms with E-state index < -0.39 is 0 Å². The molecule has 0 radical (unpaired) electrons. The van der Waals surface area contributed by atoms with Gasteiger partial charge in [-0.2, -0.15) is 0 Å². The van der Waals surface area contributed by atoms with Gasteiger partial charge in [-0.05, 0) is 55.9 Å². The van der Waals surface area contributed by atoms with Gasteiger partial charge >= 0.3 is 0 Å². The van der Waals surface area contributed by atoms with Crippen molar-refractivity contribution in [1.29, 1.82) is 0 Å². The van der Waals surface area contributed by atoms with Crippen LogP contribution in [0.4, 0.5) is 5.69 Å². The predicted octanol–water partition coefficient (Wildman–Crippen LogP) is 4.12. The van der Waals surface area contributed by atoms with Gasteiger partial charge in [-0.1, -0.05) is 11.6 Å². The molecular weight excluding hydrogens is 244 g/mol. The Morgan fingerprint density at radius 2 is 2.00 bits per heavy atom. The molecule has 18 heavy (non-hydrogen) atoms. The van der Waals surface area contributed by atoms with Crippen molar-refractivity contribution in [3.05, 3.63) is 34.0 Å². The van der Waals surface area contributed by atoms with E-state index in [0.717, 1.165) is 28.8 Å². The number of hydrogen-bond donors (Lipinski definition) is 1. The van der Waals surface area contributed by atoms with E-state index in [9.17, 15) is 0 Å². The summed E-state index contributed by atoms with van der Waals surface area (Å²) in [6.45, 7) is 2.07. The van der Waals surface area contributed by atoms with Gasteiger partial charge in [0.25, 0.3) is 0 Å². The second kappa shape index (κ2) is 4.43. The molecule has 2 nitrogen and oxygen atoms in total. The number of halogens is 1. The molecule has 3 heteroatoms. The summed E-state index contributed by atoms with van der Waals surface area (Å²) in [5.41, 5.74) is 5.95. The fraction of sp³-hybridized carbons (Fsp3) is 0.400. The minimum Gasteiger partial charge on any atom is -0.387 e. The zero-order chi connectivity index (χ0) is 12.7. The summed E-state index contributed by atoms with van der Waals surface area (Å²) in [7, 11) is 1.99. The smallest absolute Gasteiger partial charge is 0.0912 e. The summed E-state index contributed by atoms with van der Waals surface area (Å²) < 4.78 is 0. The molecule has 3 rings (SSSR count). The molecule has 1 aliphatic carbocycles. The van der Waals surface area contributed by atoms with Crippen molar-refractivity contribution in [3.63, 3.8) is 0 Å². The highest BCUT2D eigenvalue weighted by molar-refractivity contribution is 6.35. The maximum absolute atomic E-state index is 6.34. The Labute approximate surface area is 112 Å². The number of pyridine rings is 1. The first-order valence-electron chi connectivity index (χ1n) is 6.50. The minimum atomic E-state index is 0.759. The summed E-state index contributed by atoms with van der Waals surface area (Å²) in [5.74, 6) is 0. The molecule has 0 fully saturated rings. The average molecular weight is 261 g/mol. The molecule has 0 amide bonds. The SMILES string of the molecule is CNc1c2c(nc3c(Cl)cc(C)cc13)CCCC2. The first kappa shape index (κ1) is 11.8. The lowest BCUT2D eigenvalue weighted by atomic mass is 9.92. The van der Waals surface area contributed by atoms with Gasteiger partial charge in [0.15, 0.2) is 0 Å². The van der Waals surface area contributed by atoms with E-state index in [1.807, 2.05) is 13.1 Å². The van der Waals surface area contributed by atoms with E-state index in [4.69, 9.17) is 16.6 Å². The molecule has 0 saturated carbocycles. The Morgan fingerprint density at radius 3 is 2.78 bits per heavy atom. The van der Waals surface area contributed by atoms with Crippen LogP contribution in [0.1, 0.15) is 29.7 Å². The molecule has 0 atom stereocenters.